The molecule has 36 heavy (non-hydrogen) atoms. The Hall–Kier alpha value is -2.49. The SMILES string of the molecule is Cn1ccc(=O)n(Cc2cc3nccc(-c4cc(Cl)cc(Cl)c4CC4CNCC(C)(C)O4)c3s2)c1=O. The van der Waals surface area contributed by atoms with Crippen molar-refractivity contribution >= 4 is 44.8 Å². The molecule has 1 aliphatic rings. The van der Waals surface area contributed by atoms with Crippen LogP contribution >= 0.6 is 34.5 Å². The third kappa shape index (κ3) is 5.01. The lowest BCUT2D eigenvalue weighted by molar-refractivity contribution is -0.0927. The van der Waals surface area contributed by atoms with Crippen LogP contribution in [0.15, 0.2) is 52.3 Å². The van der Waals surface area contributed by atoms with E-state index < -0.39 is 0 Å². The molecule has 1 atom stereocenters. The molecule has 1 aromatic carbocycles. The van der Waals surface area contributed by atoms with Crippen molar-refractivity contribution in [2.24, 2.45) is 7.05 Å². The van der Waals surface area contributed by atoms with E-state index in [0.29, 0.717) is 16.5 Å². The number of aryl methyl sites for hydroxylation is 1. The van der Waals surface area contributed by atoms with Crippen LogP contribution in [0.1, 0.15) is 24.3 Å². The van der Waals surface area contributed by atoms with Gasteiger partial charge in [-0.3, -0.25) is 14.3 Å². The summed E-state index contributed by atoms with van der Waals surface area (Å²) in [6.07, 6.45) is 3.81. The van der Waals surface area contributed by atoms with Crippen LogP contribution in [0, 0.1) is 0 Å². The normalized spacial score (nSPS) is 17.5. The standard InChI is InChI=1S/C26H26Cl2N4O3S/c1-26(2)14-29-12-16(35-26)10-20-19(8-15(27)9-21(20)28)18-4-6-30-22-11-17(36-24(18)22)13-32-23(33)5-7-31(3)25(32)34/h4-9,11,16,29H,10,12-14H2,1-3H3. The van der Waals surface area contributed by atoms with Gasteiger partial charge in [0.25, 0.3) is 5.56 Å². The first-order valence-electron chi connectivity index (χ1n) is 11.6. The molecule has 1 saturated heterocycles. The van der Waals surface area contributed by atoms with Crippen molar-refractivity contribution in [2.75, 3.05) is 13.1 Å². The molecule has 0 bridgehead atoms. The van der Waals surface area contributed by atoms with Gasteiger partial charge in [0, 0.05) is 65.5 Å². The highest BCUT2D eigenvalue weighted by Crippen LogP contribution is 2.40. The number of fused-ring (bicyclic) bond motifs is 1. The number of benzene rings is 1. The quantitative estimate of drug-likeness (QED) is 0.400. The van der Waals surface area contributed by atoms with Crippen LogP contribution in [0.4, 0.5) is 0 Å². The van der Waals surface area contributed by atoms with Crippen molar-refractivity contribution in [1.29, 1.82) is 0 Å². The average molecular weight is 545 g/mol. The van der Waals surface area contributed by atoms with E-state index in [0.717, 1.165) is 44.9 Å². The fourth-order valence-corrected chi connectivity index (χ4v) is 6.36. The third-order valence-corrected chi connectivity index (χ3v) is 8.00. The van der Waals surface area contributed by atoms with Gasteiger partial charge in [-0.2, -0.15) is 0 Å². The zero-order valence-electron chi connectivity index (χ0n) is 20.2. The van der Waals surface area contributed by atoms with Gasteiger partial charge < -0.3 is 14.6 Å². The van der Waals surface area contributed by atoms with Gasteiger partial charge in [-0.25, -0.2) is 4.79 Å². The summed E-state index contributed by atoms with van der Waals surface area (Å²) in [7, 11) is 1.62. The Bertz CT molecular complexity index is 1570. The van der Waals surface area contributed by atoms with Crippen molar-refractivity contribution in [3.63, 3.8) is 0 Å². The molecular formula is C26H26Cl2N4O3S. The monoisotopic (exact) mass is 544 g/mol. The first-order chi connectivity index (χ1) is 17.1. The van der Waals surface area contributed by atoms with Gasteiger partial charge >= 0.3 is 5.69 Å². The highest BCUT2D eigenvalue weighted by Gasteiger charge is 2.29. The summed E-state index contributed by atoms with van der Waals surface area (Å²) in [6.45, 7) is 5.84. The van der Waals surface area contributed by atoms with Gasteiger partial charge in [0.05, 0.1) is 28.5 Å². The third-order valence-electron chi connectivity index (χ3n) is 6.31. The average Bonchev–Trinajstić information content (AvgIpc) is 3.23. The van der Waals surface area contributed by atoms with Gasteiger partial charge in [-0.1, -0.05) is 23.2 Å². The lowest BCUT2D eigenvalue weighted by Gasteiger charge is -2.37. The molecule has 4 heterocycles. The summed E-state index contributed by atoms with van der Waals surface area (Å²) >= 11 is 14.7. The van der Waals surface area contributed by atoms with E-state index in [2.05, 4.69) is 24.1 Å². The number of morpholine rings is 1. The molecule has 1 aliphatic heterocycles. The van der Waals surface area contributed by atoms with Crippen LogP contribution in [0.3, 0.4) is 0 Å². The van der Waals surface area contributed by atoms with E-state index in [1.807, 2.05) is 18.2 Å². The molecule has 1 unspecified atom stereocenters. The summed E-state index contributed by atoms with van der Waals surface area (Å²) in [5.41, 5.74) is 2.66. The first-order valence-corrected chi connectivity index (χ1v) is 13.2. The van der Waals surface area contributed by atoms with Gasteiger partial charge in [0.2, 0.25) is 0 Å². The maximum Gasteiger partial charge on any atom is 0.331 e. The Morgan fingerprint density at radius 2 is 2.00 bits per heavy atom. The summed E-state index contributed by atoms with van der Waals surface area (Å²) < 4.78 is 9.87. The van der Waals surface area contributed by atoms with Crippen molar-refractivity contribution in [3.8, 4) is 11.1 Å². The van der Waals surface area contributed by atoms with E-state index >= 15 is 0 Å². The second kappa shape index (κ2) is 9.76. The fraction of sp³-hybridized carbons (Fsp3) is 0.346. The lowest BCUT2D eigenvalue weighted by atomic mass is 9.94. The van der Waals surface area contributed by atoms with E-state index in [1.165, 1.54) is 32.7 Å². The fourth-order valence-electron chi connectivity index (χ4n) is 4.65. The molecule has 0 saturated carbocycles. The van der Waals surface area contributed by atoms with Crippen molar-refractivity contribution in [3.05, 3.63) is 84.0 Å². The number of nitrogens with zero attached hydrogens (tertiary/aromatic N) is 3. The van der Waals surface area contributed by atoms with E-state index in [4.69, 9.17) is 27.9 Å². The van der Waals surface area contributed by atoms with Gasteiger partial charge in [0.15, 0.2) is 0 Å². The van der Waals surface area contributed by atoms with E-state index in [9.17, 15) is 9.59 Å². The predicted molar refractivity (Wildman–Crippen MR) is 146 cm³/mol. The number of hydrogen-bond donors (Lipinski definition) is 1. The van der Waals surface area contributed by atoms with Crippen LogP contribution in [0.2, 0.25) is 10.0 Å². The molecule has 7 nitrogen and oxygen atoms in total. The Kier molecular flexibility index (Phi) is 6.82. The molecule has 0 radical (unpaired) electrons. The van der Waals surface area contributed by atoms with Crippen LogP contribution in [-0.4, -0.2) is 38.9 Å². The molecule has 4 aromatic rings. The zero-order chi connectivity index (χ0) is 25.6. The minimum Gasteiger partial charge on any atom is -0.369 e. The van der Waals surface area contributed by atoms with Crippen molar-refractivity contribution in [1.82, 2.24) is 19.4 Å². The van der Waals surface area contributed by atoms with Gasteiger partial charge in [-0.15, -0.1) is 11.3 Å². The zero-order valence-corrected chi connectivity index (χ0v) is 22.5. The lowest BCUT2D eigenvalue weighted by Crippen LogP contribution is -2.51. The van der Waals surface area contributed by atoms with Crippen LogP contribution < -0.4 is 16.6 Å². The molecule has 0 aliphatic carbocycles. The summed E-state index contributed by atoms with van der Waals surface area (Å²) in [4.78, 5) is 30.3. The van der Waals surface area contributed by atoms with Crippen molar-refractivity contribution < 1.29 is 4.74 Å². The van der Waals surface area contributed by atoms with Crippen LogP contribution in [0.25, 0.3) is 21.3 Å². The van der Waals surface area contributed by atoms with Gasteiger partial charge in [-0.05, 0) is 49.2 Å². The summed E-state index contributed by atoms with van der Waals surface area (Å²) in [5.74, 6) is 0. The molecule has 188 valence electrons. The second-order valence-corrected chi connectivity index (χ2v) is 11.6. The maximum absolute atomic E-state index is 12.5. The topological polar surface area (TPSA) is 78.2 Å². The summed E-state index contributed by atoms with van der Waals surface area (Å²) in [6, 6.07) is 8.95. The number of thiophene rings is 1. The second-order valence-electron chi connectivity index (χ2n) is 9.67. The highest BCUT2D eigenvalue weighted by atomic mass is 35.5. The van der Waals surface area contributed by atoms with E-state index in [-0.39, 0.29) is 29.5 Å². The predicted octanol–water partition coefficient (Wildman–Crippen LogP) is 4.49. The Morgan fingerprint density at radius 3 is 2.78 bits per heavy atom. The minimum atomic E-state index is -0.360. The molecular weight excluding hydrogens is 519 g/mol. The summed E-state index contributed by atoms with van der Waals surface area (Å²) in [5, 5.41) is 4.58. The highest BCUT2D eigenvalue weighted by molar-refractivity contribution is 7.19. The molecule has 1 N–H and O–H groups in total. The molecule has 1 fully saturated rings. The Balaban J connectivity index is 1.58. The van der Waals surface area contributed by atoms with Crippen molar-refractivity contribution in [2.45, 2.75) is 38.5 Å². The number of rotatable bonds is 5. The molecule has 0 amide bonds. The maximum atomic E-state index is 12.5. The molecule has 0 spiro atoms. The smallest absolute Gasteiger partial charge is 0.331 e. The first kappa shape index (κ1) is 25.2. The number of nitrogens with one attached hydrogen (secondary N) is 1. The Labute approximate surface area is 222 Å². The number of aromatic nitrogens is 3. The van der Waals surface area contributed by atoms with Gasteiger partial charge in [0.1, 0.15) is 0 Å². The van der Waals surface area contributed by atoms with Crippen LogP contribution in [-0.2, 0) is 24.8 Å². The molecule has 5 rings (SSSR count). The number of hydrogen-bond acceptors (Lipinski definition) is 6. The minimum absolute atomic E-state index is 0.0384. The number of halogens is 2. The number of ether oxygens (including phenoxy) is 1. The van der Waals surface area contributed by atoms with Crippen LogP contribution in [0.5, 0.6) is 0 Å². The molecule has 10 heteroatoms. The Morgan fingerprint density at radius 1 is 1.19 bits per heavy atom. The largest absolute Gasteiger partial charge is 0.369 e. The number of pyridine rings is 1. The van der Waals surface area contributed by atoms with E-state index in [1.54, 1.807) is 19.3 Å². The molecule has 3 aromatic heterocycles.